The maximum atomic E-state index is 11.8. The molecule has 2 amide bonds. The van der Waals surface area contributed by atoms with Gasteiger partial charge in [-0.25, -0.2) is 4.79 Å². The molecule has 1 heterocycles. The zero-order valence-corrected chi connectivity index (χ0v) is 9.90. The van der Waals surface area contributed by atoms with E-state index in [0.717, 1.165) is 32.2 Å². The summed E-state index contributed by atoms with van der Waals surface area (Å²) < 4.78 is 0. The Morgan fingerprint density at radius 2 is 2.19 bits per heavy atom. The number of amides is 2. The Morgan fingerprint density at radius 1 is 1.50 bits per heavy atom. The number of piperidine rings is 1. The van der Waals surface area contributed by atoms with Gasteiger partial charge in [0, 0.05) is 12.6 Å². The van der Waals surface area contributed by atoms with Crippen LogP contribution in [0.2, 0.25) is 0 Å². The molecule has 1 rings (SSSR count). The molecule has 1 unspecified atom stereocenters. The van der Waals surface area contributed by atoms with Gasteiger partial charge in [0.1, 0.15) is 6.04 Å². The van der Waals surface area contributed by atoms with Gasteiger partial charge in [0.05, 0.1) is 0 Å². The van der Waals surface area contributed by atoms with Crippen molar-refractivity contribution in [2.75, 3.05) is 6.54 Å². The Labute approximate surface area is 95.8 Å². The van der Waals surface area contributed by atoms with Gasteiger partial charge in [0.15, 0.2) is 0 Å². The van der Waals surface area contributed by atoms with Crippen molar-refractivity contribution < 1.29 is 14.7 Å². The number of aliphatic carboxylic acids is 1. The summed E-state index contributed by atoms with van der Waals surface area (Å²) in [7, 11) is 0. The van der Waals surface area contributed by atoms with E-state index in [1.807, 2.05) is 0 Å². The molecule has 5 heteroatoms. The second-order valence-electron chi connectivity index (χ2n) is 4.26. The molecule has 0 aromatic heterocycles. The Bertz CT molecular complexity index is 268. The van der Waals surface area contributed by atoms with Gasteiger partial charge in [-0.2, -0.15) is 0 Å². The molecule has 16 heavy (non-hydrogen) atoms. The van der Waals surface area contributed by atoms with Crippen LogP contribution in [0.5, 0.6) is 0 Å². The van der Waals surface area contributed by atoms with Crippen LogP contribution in [0.4, 0.5) is 4.79 Å². The summed E-state index contributed by atoms with van der Waals surface area (Å²) in [5.74, 6) is -1.00. The fraction of sp³-hybridized carbons (Fsp3) is 0.818. The summed E-state index contributed by atoms with van der Waals surface area (Å²) in [5, 5.41) is 11.2. The van der Waals surface area contributed by atoms with Crippen LogP contribution in [0.15, 0.2) is 0 Å². The molecule has 0 spiro atoms. The Hall–Kier alpha value is -1.26. The lowest BCUT2D eigenvalue weighted by molar-refractivity contribution is -0.138. The van der Waals surface area contributed by atoms with E-state index in [0.29, 0.717) is 0 Å². The largest absolute Gasteiger partial charge is 0.480 e. The van der Waals surface area contributed by atoms with Crippen molar-refractivity contribution in [3.05, 3.63) is 0 Å². The smallest absolute Gasteiger partial charge is 0.325 e. The predicted molar refractivity (Wildman–Crippen MR) is 60.3 cm³/mol. The number of nitrogens with zero attached hydrogens (tertiary/aromatic N) is 1. The van der Waals surface area contributed by atoms with Crippen molar-refractivity contribution in [1.82, 2.24) is 10.2 Å². The monoisotopic (exact) mass is 228 g/mol. The van der Waals surface area contributed by atoms with Gasteiger partial charge >= 0.3 is 12.0 Å². The van der Waals surface area contributed by atoms with E-state index in [1.165, 1.54) is 6.92 Å². The molecule has 1 saturated heterocycles. The van der Waals surface area contributed by atoms with E-state index in [-0.39, 0.29) is 12.1 Å². The highest BCUT2D eigenvalue weighted by molar-refractivity contribution is 5.82. The van der Waals surface area contributed by atoms with E-state index < -0.39 is 12.0 Å². The molecule has 0 bridgehead atoms. The summed E-state index contributed by atoms with van der Waals surface area (Å²) in [4.78, 5) is 24.2. The lowest BCUT2D eigenvalue weighted by Crippen LogP contribution is -2.52. The molecule has 1 fully saturated rings. The summed E-state index contributed by atoms with van der Waals surface area (Å²) in [5.41, 5.74) is 0. The number of likely N-dealkylation sites (tertiary alicyclic amines) is 1. The van der Waals surface area contributed by atoms with Crippen LogP contribution >= 0.6 is 0 Å². The minimum Gasteiger partial charge on any atom is -0.480 e. The Balaban J connectivity index is 2.54. The number of hydrogen-bond acceptors (Lipinski definition) is 2. The minimum atomic E-state index is -1.00. The van der Waals surface area contributed by atoms with Crippen LogP contribution in [0.1, 0.15) is 39.5 Å². The number of carboxylic acid groups (broad SMARTS) is 1. The molecule has 2 atom stereocenters. The number of nitrogens with one attached hydrogen (secondary N) is 1. The molecule has 0 aliphatic carbocycles. The van der Waals surface area contributed by atoms with Crippen molar-refractivity contribution in [2.45, 2.75) is 51.6 Å². The van der Waals surface area contributed by atoms with Gasteiger partial charge < -0.3 is 15.3 Å². The van der Waals surface area contributed by atoms with Crippen molar-refractivity contribution >= 4 is 12.0 Å². The number of urea groups is 1. The zero-order valence-electron chi connectivity index (χ0n) is 9.90. The zero-order chi connectivity index (χ0) is 12.1. The maximum Gasteiger partial charge on any atom is 0.325 e. The first-order valence-corrected chi connectivity index (χ1v) is 5.86. The molecular formula is C11H20N2O3. The molecule has 1 aliphatic heterocycles. The first kappa shape index (κ1) is 12.8. The Morgan fingerprint density at radius 3 is 2.75 bits per heavy atom. The van der Waals surface area contributed by atoms with E-state index in [2.05, 4.69) is 12.2 Å². The number of hydrogen-bond donors (Lipinski definition) is 2. The highest BCUT2D eigenvalue weighted by Crippen LogP contribution is 2.19. The molecule has 2 N–H and O–H groups in total. The van der Waals surface area contributed by atoms with Gasteiger partial charge in [-0.05, 0) is 32.6 Å². The molecular weight excluding hydrogens is 208 g/mol. The molecule has 0 radical (unpaired) electrons. The predicted octanol–water partition coefficient (Wildman–Crippen LogP) is 1.43. The van der Waals surface area contributed by atoms with Crippen molar-refractivity contribution in [1.29, 1.82) is 0 Å². The van der Waals surface area contributed by atoms with Gasteiger partial charge in [0.2, 0.25) is 0 Å². The number of carboxylic acids is 1. The summed E-state index contributed by atoms with van der Waals surface area (Å²) in [6, 6.07) is -0.817. The topological polar surface area (TPSA) is 69.6 Å². The summed E-state index contributed by atoms with van der Waals surface area (Å²) in [6.45, 7) is 4.26. The van der Waals surface area contributed by atoms with Crippen molar-refractivity contribution in [3.63, 3.8) is 0 Å². The van der Waals surface area contributed by atoms with E-state index >= 15 is 0 Å². The lowest BCUT2D eigenvalue weighted by atomic mass is 10.0. The minimum absolute atomic E-state index is 0.249. The summed E-state index contributed by atoms with van der Waals surface area (Å²) >= 11 is 0. The number of carbonyl (C=O) groups is 2. The molecule has 1 aliphatic rings. The number of carbonyl (C=O) groups excluding carboxylic acids is 1. The van der Waals surface area contributed by atoms with Crippen LogP contribution in [-0.2, 0) is 4.79 Å². The fourth-order valence-corrected chi connectivity index (χ4v) is 2.02. The molecule has 0 aromatic carbocycles. The second-order valence-corrected chi connectivity index (χ2v) is 4.26. The highest BCUT2D eigenvalue weighted by Gasteiger charge is 2.26. The average Bonchev–Trinajstić information content (AvgIpc) is 2.28. The third kappa shape index (κ3) is 3.12. The van der Waals surface area contributed by atoms with Gasteiger partial charge in [0.25, 0.3) is 0 Å². The van der Waals surface area contributed by atoms with Crippen LogP contribution < -0.4 is 5.32 Å². The van der Waals surface area contributed by atoms with Crippen LogP contribution in [0.3, 0.4) is 0 Å². The SMILES string of the molecule is CCC1CCCCN1C(=O)N[C@@H](C)C(=O)O. The third-order valence-electron chi connectivity index (χ3n) is 3.07. The van der Waals surface area contributed by atoms with Crippen LogP contribution in [-0.4, -0.2) is 40.6 Å². The summed E-state index contributed by atoms with van der Waals surface area (Å²) in [6.07, 6.45) is 4.10. The van der Waals surface area contributed by atoms with Crippen LogP contribution in [0.25, 0.3) is 0 Å². The van der Waals surface area contributed by atoms with Crippen LogP contribution in [0, 0.1) is 0 Å². The van der Waals surface area contributed by atoms with Gasteiger partial charge in [-0.3, -0.25) is 4.79 Å². The first-order chi connectivity index (χ1) is 7.56. The van der Waals surface area contributed by atoms with E-state index in [9.17, 15) is 9.59 Å². The molecule has 92 valence electrons. The van der Waals surface area contributed by atoms with Gasteiger partial charge in [-0.15, -0.1) is 0 Å². The maximum absolute atomic E-state index is 11.8. The van der Waals surface area contributed by atoms with Gasteiger partial charge in [-0.1, -0.05) is 6.92 Å². The molecule has 0 saturated carbocycles. The number of rotatable bonds is 3. The van der Waals surface area contributed by atoms with E-state index in [4.69, 9.17) is 5.11 Å². The van der Waals surface area contributed by atoms with E-state index in [1.54, 1.807) is 4.90 Å². The average molecular weight is 228 g/mol. The third-order valence-corrected chi connectivity index (χ3v) is 3.07. The highest BCUT2D eigenvalue weighted by atomic mass is 16.4. The lowest BCUT2D eigenvalue weighted by Gasteiger charge is -2.35. The first-order valence-electron chi connectivity index (χ1n) is 5.86. The quantitative estimate of drug-likeness (QED) is 0.767. The second kappa shape index (κ2) is 5.72. The fourth-order valence-electron chi connectivity index (χ4n) is 2.02. The van der Waals surface area contributed by atoms with Crippen molar-refractivity contribution in [3.8, 4) is 0 Å². The van der Waals surface area contributed by atoms with Crippen molar-refractivity contribution in [2.24, 2.45) is 0 Å². The normalized spacial score (nSPS) is 22.6. The standard InChI is InChI=1S/C11H20N2O3/c1-3-9-6-4-5-7-13(9)11(16)12-8(2)10(14)15/h8-9H,3-7H2,1-2H3,(H,12,16)(H,14,15)/t8-,9?/m0/s1. The molecule has 5 nitrogen and oxygen atoms in total. The Kier molecular flexibility index (Phi) is 4.58. The molecule has 0 aromatic rings.